The van der Waals surface area contributed by atoms with Crippen LogP contribution in [0.15, 0.2) is 24.4 Å². The van der Waals surface area contributed by atoms with Crippen LogP contribution in [0.3, 0.4) is 0 Å². The predicted molar refractivity (Wildman–Crippen MR) is 214 cm³/mol. The predicted octanol–water partition coefficient (Wildman–Crippen LogP) is 4.11. The summed E-state index contributed by atoms with van der Waals surface area (Å²) >= 11 is 0. The van der Waals surface area contributed by atoms with Crippen molar-refractivity contribution in [1.82, 2.24) is 35.0 Å². The summed E-state index contributed by atoms with van der Waals surface area (Å²) in [6.45, 7) is 14.7. The Morgan fingerprint density at radius 1 is 0.983 bits per heavy atom. The molecule has 0 unspecified atom stereocenters. The fourth-order valence-electron chi connectivity index (χ4n) is 9.46. The molecule has 1 N–H and O–H groups in total. The molecule has 0 aromatic carbocycles. The van der Waals surface area contributed by atoms with Crippen molar-refractivity contribution >= 4 is 23.6 Å². The Morgan fingerprint density at radius 2 is 1.69 bits per heavy atom. The number of aliphatic hydroxyl groups is 1. The number of carbonyl (C=O) groups excluding carboxylic acids is 4. The Hall–Kier alpha value is -3.90. The van der Waals surface area contributed by atoms with Gasteiger partial charge in [-0.2, -0.15) is 0 Å². The first-order chi connectivity index (χ1) is 27.9. The highest BCUT2D eigenvalue weighted by Gasteiger charge is 2.60. The molecule has 5 rings (SSSR count). The van der Waals surface area contributed by atoms with Crippen LogP contribution in [0, 0.1) is 23.7 Å². The number of aromatic nitrogens is 5. The normalized spacial score (nSPS) is 36.3. The molecule has 3 fully saturated rings. The van der Waals surface area contributed by atoms with E-state index in [-0.39, 0.29) is 37.3 Å². The molecule has 0 aliphatic carbocycles. The van der Waals surface area contributed by atoms with Crippen LogP contribution in [0.2, 0.25) is 0 Å². The zero-order valence-electron chi connectivity index (χ0n) is 36.6. The number of tetrazole rings is 1. The van der Waals surface area contributed by atoms with E-state index in [0.29, 0.717) is 43.7 Å². The van der Waals surface area contributed by atoms with Gasteiger partial charge in [0.25, 0.3) is 0 Å². The number of ether oxygens (including phenoxy) is 5. The van der Waals surface area contributed by atoms with Gasteiger partial charge in [-0.3, -0.25) is 19.4 Å². The average molecular weight is 828 g/mol. The van der Waals surface area contributed by atoms with E-state index < -0.39 is 83.4 Å². The molecular formula is C42H65N7O10. The van der Waals surface area contributed by atoms with E-state index in [1.807, 2.05) is 51.0 Å². The van der Waals surface area contributed by atoms with Crippen LogP contribution in [0.25, 0.3) is 11.5 Å². The van der Waals surface area contributed by atoms with E-state index in [4.69, 9.17) is 23.7 Å². The van der Waals surface area contributed by atoms with E-state index in [1.54, 1.807) is 50.4 Å². The summed E-state index contributed by atoms with van der Waals surface area (Å²) in [4.78, 5) is 64.7. The lowest BCUT2D eigenvalue weighted by Crippen LogP contribution is -2.60. The first-order valence-corrected chi connectivity index (χ1v) is 21.0. The summed E-state index contributed by atoms with van der Waals surface area (Å²) in [7, 11) is 5.23. The van der Waals surface area contributed by atoms with Gasteiger partial charge in [-0.25, -0.2) is 9.48 Å². The number of likely N-dealkylation sites (N-methyl/N-ethyl adjacent to an activating group) is 1. The third-order valence-corrected chi connectivity index (χ3v) is 12.9. The number of methoxy groups -OCH3 is 1. The monoisotopic (exact) mass is 827 g/mol. The second-order valence-electron chi connectivity index (χ2n) is 17.4. The number of cyclic esters (lactones) is 1. The van der Waals surface area contributed by atoms with Crippen LogP contribution >= 0.6 is 0 Å². The van der Waals surface area contributed by atoms with Gasteiger partial charge in [-0.05, 0) is 103 Å². The summed E-state index contributed by atoms with van der Waals surface area (Å²) in [6, 6.07) is 4.45. The van der Waals surface area contributed by atoms with Crippen molar-refractivity contribution in [2.45, 2.75) is 154 Å². The van der Waals surface area contributed by atoms with Gasteiger partial charge in [0.1, 0.15) is 29.6 Å². The highest BCUT2D eigenvalue weighted by atomic mass is 16.7. The molecule has 2 aromatic rings. The number of aryl methyl sites for hydroxylation is 1. The number of unbranched alkanes of at least 4 members (excludes halogenated alkanes) is 2. The Balaban J connectivity index is 1.42. The minimum atomic E-state index is -1.41. The Kier molecular flexibility index (Phi) is 15.0. The van der Waals surface area contributed by atoms with Crippen LogP contribution in [-0.2, 0) is 44.6 Å². The molecular weight excluding hydrogens is 763 g/mol. The highest BCUT2D eigenvalue weighted by molar-refractivity contribution is 6.00. The number of esters is 1. The van der Waals surface area contributed by atoms with Gasteiger partial charge in [0.15, 0.2) is 17.7 Å². The number of rotatable bonds is 12. The molecule has 0 spiro atoms. The Bertz CT molecular complexity index is 1760. The van der Waals surface area contributed by atoms with Crippen LogP contribution < -0.4 is 0 Å². The van der Waals surface area contributed by atoms with Crippen LogP contribution in [-0.4, -0.2) is 145 Å². The maximum absolute atomic E-state index is 14.7. The standard InChI is InChI=1S/C42H65N7O10/c1-12-31-42(8)35(48(40(54)59-42)20-16-13-17-21-49-37(44-45-46-49)29-18-14-15-19-43-29)26(4)32(50)24(2)23-41(7,55-11)36(27(5)33(51)28(6)38(53)57-31)58-39-34(52)30(47(9)10)22-25(3)56-39/h14-15,18-19,24-28,30-31,34-36,39,52H,12-13,16-17,20-23H2,1-11H3/t24-,25-,26+,27+,28-,30+,31-,34-,35-,36-,39+,41-,42-/m1/s1. The van der Waals surface area contributed by atoms with Crippen molar-refractivity contribution in [1.29, 1.82) is 0 Å². The SMILES string of the molecule is CC[C@H]1OC(=O)[C@H](C)C(=O)[C@H](C)[C@@H](O[C@@H]2O[C@H](C)C[C@H](N(C)C)[C@H]2O)[C@](C)(OC)C[C@@H](C)C(=O)[C@H](C)[C@H]2N(CCCCCn3nnnc3-c3ccccn3)C(=O)O[C@]12C. The first kappa shape index (κ1) is 46.2. The summed E-state index contributed by atoms with van der Waals surface area (Å²) in [6.07, 6.45) is -0.445. The van der Waals surface area contributed by atoms with Gasteiger partial charge in [0, 0.05) is 50.2 Å². The molecule has 3 aliphatic rings. The number of ketones is 2. The number of nitrogens with zero attached hydrogens (tertiary/aromatic N) is 7. The van der Waals surface area contributed by atoms with Crippen molar-refractivity contribution in [2.24, 2.45) is 23.7 Å². The number of amides is 1. The molecule has 5 heterocycles. The van der Waals surface area contributed by atoms with Crippen molar-refractivity contribution in [3.8, 4) is 11.5 Å². The smallest absolute Gasteiger partial charge is 0.410 e. The fraction of sp³-hybridized carbons (Fsp3) is 0.762. The summed E-state index contributed by atoms with van der Waals surface area (Å²) in [5.41, 5.74) is -2.03. The third-order valence-electron chi connectivity index (χ3n) is 12.9. The zero-order chi connectivity index (χ0) is 43.4. The van der Waals surface area contributed by atoms with Gasteiger partial charge in [-0.15, -0.1) is 5.10 Å². The molecule has 2 aromatic heterocycles. The zero-order valence-corrected chi connectivity index (χ0v) is 36.6. The first-order valence-electron chi connectivity index (χ1n) is 21.0. The fourth-order valence-corrected chi connectivity index (χ4v) is 9.46. The second kappa shape index (κ2) is 19.2. The minimum Gasteiger partial charge on any atom is -0.458 e. The maximum Gasteiger partial charge on any atom is 0.410 e. The van der Waals surface area contributed by atoms with E-state index >= 15 is 0 Å². The molecule has 3 aliphatic heterocycles. The van der Waals surface area contributed by atoms with E-state index in [0.717, 1.165) is 0 Å². The summed E-state index contributed by atoms with van der Waals surface area (Å²) in [5, 5.41) is 23.5. The van der Waals surface area contributed by atoms with E-state index in [1.165, 1.54) is 14.0 Å². The molecule has 1 amide bonds. The molecule has 13 atom stereocenters. The van der Waals surface area contributed by atoms with Gasteiger partial charge < -0.3 is 38.6 Å². The summed E-state index contributed by atoms with van der Waals surface area (Å²) < 4.78 is 32.9. The Labute approximate surface area is 347 Å². The molecule has 17 nitrogen and oxygen atoms in total. The average Bonchev–Trinajstić information content (AvgIpc) is 3.79. The van der Waals surface area contributed by atoms with Crippen molar-refractivity contribution in [2.75, 3.05) is 27.7 Å². The molecule has 328 valence electrons. The maximum atomic E-state index is 14.7. The van der Waals surface area contributed by atoms with E-state index in [9.17, 15) is 24.3 Å². The van der Waals surface area contributed by atoms with Gasteiger partial charge in [-0.1, -0.05) is 33.8 Å². The molecule has 3 saturated heterocycles. The van der Waals surface area contributed by atoms with Crippen molar-refractivity contribution in [3.63, 3.8) is 0 Å². The number of hydrogen-bond donors (Lipinski definition) is 1. The molecule has 0 bridgehead atoms. The van der Waals surface area contributed by atoms with Crippen LogP contribution in [0.1, 0.15) is 93.9 Å². The lowest BCUT2D eigenvalue weighted by Gasteiger charge is -2.47. The molecule has 0 saturated carbocycles. The lowest BCUT2D eigenvalue weighted by molar-refractivity contribution is -0.295. The summed E-state index contributed by atoms with van der Waals surface area (Å²) in [5.74, 6) is -4.45. The number of hydrogen-bond acceptors (Lipinski definition) is 15. The quantitative estimate of drug-likeness (QED) is 0.182. The topological polar surface area (TPSA) is 198 Å². The lowest BCUT2D eigenvalue weighted by atomic mass is 9.73. The van der Waals surface area contributed by atoms with E-state index in [2.05, 4.69) is 20.5 Å². The third kappa shape index (κ3) is 9.69. The Morgan fingerprint density at radius 3 is 2.34 bits per heavy atom. The van der Waals surface area contributed by atoms with Crippen molar-refractivity contribution in [3.05, 3.63) is 24.4 Å². The van der Waals surface area contributed by atoms with Gasteiger partial charge >= 0.3 is 12.1 Å². The number of carbonyl (C=O) groups is 4. The van der Waals surface area contributed by atoms with Gasteiger partial charge in [0.05, 0.1) is 23.9 Å². The molecule has 17 heteroatoms. The van der Waals surface area contributed by atoms with Crippen molar-refractivity contribution < 1.29 is 48.0 Å². The number of fused-ring (bicyclic) bond motifs is 1. The highest BCUT2D eigenvalue weighted by Crippen LogP contribution is 2.43. The van der Waals surface area contributed by atoms with Crippen LogP contribution in [0.5, 0.6) is 0 Å². The minimum absolute atomic E-state index is 0.121. The second-order valence-corrected chi connectivity index (χ2v) is 17.4. The van der Waals surface area contributed by atoms with Crippen LogP contribution in [0.4, 0.5) is 4.79 Å². The largest absolute Gasteiger partial charge is 0.458 e. The number of Topliss-reactive ketones (excluding diaryl/α,β-unsaturated/α-hetero) is 2. The molecule has 59 heavy (non-hydrogen) atoms. The molecule has 0 radical (unpaired) electrons. The van der Waals surface area contributed by atoms with Gasteiger partial charge in [0.2, 0.25) is 5.82 Å². The number of pyridine rings is 1. The number of aliphatic hydroxyl groups excluding tert-OH is 1.